The van der Waals surface area contributed by atoms with E-state index >= 15 is 0 Å². The van der Waals surface area contributed by atoms with Crippen LogP contribution in [0.15, 0.2) is 24.3 Å². The van der Waals surface area contributed by atoms with Crippen molar-refractivity contribution in [2.24, 2.45) is 0 Å². The van der Waals surface area contributed by atoms with E-state index in [1.807, 2.05) is 6.07 Å². The predicted octanol–water partition coefficient (Wildman–Crippen LogP) is 1.58. The third-order valence-electron chi connectivity index (χ3n) is 1.83. The van der Waals surface area contributed by atoms with Crippen LogP contribution in [0.1, 0.15) is 5.56 Å². The Morgan fingerprint density at radius 1 is 1.47 bits per heavy atom. The predicted molar refractivity (Wildman–Crippen MR) is 54.9 cm³/mol. The van der Waals surface area contributed by atoms with Crippen LogP contribution in [-0.4, -0.2) is 25.3 Å². The smallest absolute Gasteiger partial charge is 0.306 e. The second kappa shape index (κ2) is 4.98. The van der Waals surface area contributed by atoms with Crippen LogP contribution in [0.5, 0.6) is 0 Å². The van der Waals surface area contributed by atoms with E-state index in [2.05, 4.69) is 5.32 Å². The third-order valence-corrected chi connectivity index (χ3v) is 1.83. The molecule has 1 aromatic rings. The molecular weight excluding hydrogens is 194 g/mol. The van der Waals surface area contributed by atoms with Gasteiger partial charge >= 0.3 is 6.03 Å². The Bertz CT molecular complexity index is 381. The molecule has 1 rings (SSSR count). The highest BCUT2D eigenvalue weighted by molar-refractivity contribution is 5.88. The van der Waals surface area contributed by atoms with Gasteiger partial charge in [0.05, 0.1) is 18.7 Å². The Morgan fingerprint density at radius 2 is 2.07 bits per heavy atom. The fourth-order valence-electron chi connectivity index (χ4n) is 0.913. The van der Waals surface area contributed by atoms with Gasteiger partial charge in [-0.1, -0.05) is 0 Å². The Kier molecular flexibility index (Phi) is 3.66. The third kappa shape index (κ3) is 2.97. The van der Waals surface area contributed by atoms with Gasteiger partial charge in [-0.25, -0.2) is 9.86 Å². The summed E-state index contributed by atoms with van der Waals surface area (Å²) >= 11 is 0. The lowest BCUT2D eigenvalue weighted by molar-refractivity contribution is -0.0598. The molecule has 0 saturated heterocycles. The molecule has 0 spiro atoms. The van der Waals surface area contributed by atoms with Gasteiger partial charge in [0.15, 0.2) is 0 Å². The summed E-state index contributed by atoms with van der Waals surface area (Å²) in [5.41, 5.74) is 1.16. The molecule has 0 aliphatic heterocycles. The first kappa shape index (κ1) is 11.0. The summed E-state index contributed by atoms with van der Waals surface area (Å²) in [6.45, 7) is 0. The van der Waals surface area contributed by atoms with Gasteiger partial charge in [0.25, 0.3) is 0 Å². The molecule has 1 N–H and O–H groups in total. The molecule has 0 bridgehead atoms. The number of amides is 2. The van der Waals surface area contributed by atoms with Gasteiger partial charge in [0.2, 0.25) is 0 Å². The lowest BCUT2D eigenvalue weighted by atomic mass is 10.2. The average molecular weight is 205 g/mol. The van der Waals surface area contributed by atoms with Crippen LogP contribution in [0.4, 0.5) is 10.5 Å². The summed E-state index contributed by atoms with van der Waals surface area (Å²) in [6, 6.07) is 8.18. The lowest BCUT2D eigenvalue weighted by Crippen LogP contribution is -2.30. The molecule has 0 aromatic heterocycles. The average Bonchev–Trinajstić information content (AvgIpc) is 2.29. The molecule has 0 aliphatic rings. The Balaban J connectivity index is 2.66. The quantitative estimate of drug-likeness (QED) is 0.745. The van der Waals surface area contributed by atoms with Crippen molar-refractivity contribution in [3.05, 3.63) is 29.8 Å². The van der Waals surface area contributed by atoms with Crippen LogP contribution in [0, 0.1) is 11.3 Å². The zero-order valence-electron chi connectivity index (χ0n) is 8.52. The molecule has 0 radical (unpaired) electrons. The monoisotopic (exact) mass is 205 g/mol. The molecular formula is C10H11N3O2. The second-order valence-corrected chi connectivity index (χ2v) is 2.80. The van der Waals surface area contributed by atoms with E-state index in [1.54, 1.807) is 24.3 Å². The van der Waals surface area contributed by atoms with Crippen LogP contribution in [0.25, 0.3) is 0 Å². The number of hydrogen-bond acceptors (Lipinski definition) is 3. The minimum atomic E-state index is -0.373. The number of nitriles is 1. The van der Waals surface area contributed by atoms with E-state index < -0.39 is 0 Å². The van der Waals surface area contributed by atoms with Crippen molar-refractivity contribution in [2.45, 2.75) is 0 Å². The molecule has 0 aliphatic carbocycles. The SMILES string of the molecule is CON(C)C(=O)Nc1ccc(C#N)cc1. The maximum atomic E-state index is 11.3. The van der Waals surface area contributed by atoms with Crippen LogP contribution in [0.3, 0.4) is 0 Å². The number of hydrogen-bond donors (Lipinski definition) is 1. The van der Waals surface area contributed by atoms with Crippen LogP contribution in [0.2, 0.25) is 0 Å². The normalized spacial score (nSPS) is 9.13. The summed E-state index contributed by atoms with van der Waals surface area (Å²) in [5.74, 6) is 0. The van der Waals surface area contributed by atoms with E-state index in [0.717, 1.165) is 5.06 Å². The van der Waals surface area contributed by atoms with E-state index in [0.29, 0.717) is 11.3 Å². The maximum Gasteiger partial charge on any atom is 0.345 e. The number of anilines is 1. The summed E-state index contributed by atoms with van der Waals surface area (Å²) in [5, 5.41) is 12.2. The molecule has 0 atom stereocenters. The van der Waals surface area contributed by atoms with E-state index in [9.17, 15) is 4.79 Å². The van der Waals surface area contributed by atoms with Gasteiger partial charge < -0.3 is 5.32 Å². The first-order chi connectivity index (χ1) is 7.17. The summed E-state index contributed by atoms with van der Waals surface area (Å²) in [4.78, 5) is 16.0. The fraction of sp³-hybridized carbons (Fsp3) is 0.200. The van der Waals surface area contributed by atoms with Gasteiger partial charge in [0, 0.05) is 12.7 Å². The fourth-order valence-corrected chi connectivity index (χ4v) is 0.913. The maximum absolute atomic E-state index is 11.3. The first-order valence-corrected chi connectivity index (χ1v) is 4.26. The number of hydroxylamine groups is 2. The highest BCUT2D eigenvalue weighted by Crippen LogP contribution is 2.09. The molecule has 1 aromatic carbocycles. The number of carbonyl (C=O) groups excluding carboxylic acids is 1. The number of benzene rings is 1. The molecule has 2 amide bonds. The van der Waals surface area contributed by atoms with Gasteiger partial charge in [-0.2, -0.15) is 5.26 Å². The van der Waals surface area contributed by atoms with E-state index in [-0.39, 0.29) is 6.03 Å². The Hall–Kier alpha value is -2.06. The van der Waals surface area contributed by atoms with Crippen molar-refractivity contribution in [3.63, 3.8) is 0 Å². The molecule has 0 saturated carbocycles. The molecule has 15 heavy (non-hydrogen) atoms. The van der Waals surface area contributed by atoms with Crippen molar-refractivity contribution < 1.29 is 9.63 Å². The zero-order chi connectivity index (χ0) is 11.3. The van der Waals surface area contributed by atoms with Crippen molar-refractivity contribution in [1.82, 2.24) is 5.06 Å². The van der Waals surface area contributed by atoms with Crippen molar-refractivity contribution in [3.8, 4) is 6.07 Å². The number of rotatable bonds is 2. The molecule has 0 unspecified atom stereocenters. The second-order valence-electron chi connectivity index (χ2n) is 2.80. The Morgan fingerprint density at radius 3 is 2.53 bits per heavy atom. The minimum absolute atomic E-state index is 0.373. The minimum Gasteiger partial charge on any atom is -0.306 e. The molecule has 5 nitrogen and oxygen atoms in total. The van der Waals surface area contributed by atoms with Gasteiger partial charge in [-0.3, -0.25) is 4.84 Å². The molecule has 78 valence electrons. The highest BCUT2D eigenvalue weighted by Gasteiger charge is 2.06. The van der Waals surface area contributed by atoms with Crippen molar-refractivity contribution in [1.29, 1.82) is 5.26 Å². The van der Waals surface area contributed by atoms with E-state index in [1.165, 1.54) is 14.2 Å². The first-order valence-electron chi connectivity index (χ1n) is 4.26. The number of nitrogens with zero attached hydrogens (tertiary/aromatic N) is 2. The summed E-state index contributed by atoms with van der Waals surface area (Å²) < 4.78 is 0. The van der Waals surface area contributed by atoms with E-state index in [4.69, 9.17) is 10.1 Å². The number of urea groups is 1. The number of nitrogens with one attached hydrogen (secondary N) is 1. The molecule has 0 heterocycles. The molecule has 5 heteroatoms. The summed E-state index contributed by atoms with van der Waals surface area (Å²) in [6.07, 6.45) is 0. The lowest BCUT2D eigenvalue weighted by Gasteiger charge is -2.14. The van der Waals surface area contributed by atoms with Gasteiger partial charge in [0.1, 0.15) is 0 Å². The topological polar surface area (TPSA) is 65.4 Å². The Labute approximate surface area is 87.8 Å². The largest absolute Gasteiger partial charge is 0.345 e. The summed E-state index contributed by atoms with van der Waals surface area (Å²) in [7, 11) is 2.90. The zero-order valence-corrected chi connectivity index (χ0v) is 8.52. The van der Waals surface area contributed by atoms with Gasteiger partial charge in [-0.05, 0) is 24.3 Å². The van der Waals surface area contributed by atoms with Crippen molar-refractivity contribution in [2.75, 3.05) is 19.5 Å². The van der Waals surface area contributed by atoms with Crippen LogP contribution in [-0.2, 0) is 4.84 Å². The van der Waals surface area contributed by atoms with Crippen LogP contribution < -0.4 is 5.32 Å². The number of carbonyl (C=O) groups is 1. The highest BCUT2D eigenvalue weighted by atomic mass is 16.7. The van der Waals surface area contributed by atoms with Crippen LogP contribution >= 0.6 is 0 Å². The molecule has 0 fully saturated rings. The van der Waals surface area contributed by atoms with Crippen molar-refractivity contribution >= 4 is 11.7 Å². The standard InChI is InChI=1S/C10H11N3O2/c1-13(15-2)10(14)12-9-5-3-8(7-11)4-6-9/h3-6H,1-2H3,(H,12,14). The van der Waals surface area contributed by atoms with Gasteiger partial charge in [-0.15, -0.1) is 0 Å².